The Morgan fingerprint density at radius 2 is 1.18 bits per heavy atom. The molecule has 0 spiro atoms. The zero-order chi connectivity index (χ0) is 16.2. The maximum Gasteiger partial charge on any atom is 0.306 e. The van der Waals surface area contributed by atoms with Crippen molar-refractivity contribution in [1.82, 2.24) is 0 Å². The highest BCUT2D eigenvalue weighted by molar-refractivity contribution is 5.70. The molecule has 0 bridgehead atoms. The second-order valence-electron chi connectivity index (χ2n) is 6.26. The molecule has 22 heavy (non-hydrogen) atoms. The lowest BCUT2D eigenvalue weighted by molar-refractivity contribution is -0.171. The van der Waals surface area contributed by atoms with Crippen molar-refractivity contribution in [3.63, 3.8) is 0 Å². The molecule has 1 aliphatic carbocycles. The largest absolute Gasteiger partial charge is 0.458 e. The average molecular weight is 312 g/mol. The van der Waals surface area contributed by atoms with Gasteiger partial charge in [-0.1, -0.05) is 39.5 Å². The van der Waals surface area contributed by atoms with Crippen molar-refractivity contribution in [2.45, 2.75) is 103 Å². The zero-order valence-corrected chi connectivity index (χ0v) is 14.3. The Morgan fingerprint density at radius 3 is 1.55 bits per heavy atom. The van der Waals surface area contributed by atoms with Gasteiger partial charge in [0.25, 0.3) is 0 Å². The van der Waals surface area contributed by atoms with Gasteiger partial charge in [-0.15, -0.1) is 0 Å². The number of hydrogen-bond acceptors (Lipinski definition) is 4. The van der Waals surface area contributed by atoms with Crippen LogP contribution in [0.2, 0.25) is 0 Å². The third-order valence-electron chi connectivity index (χ3n) is 4.18. The first-order valence-electron chi connectivity index (χ1n) is 9.06. The molecule has 128 valence electrons. The van der Waals surface area contributed by atoms with Gasteiger partial charge in [-0.25, -0.2) is 0 Å². The van der Waals surface area contributed by atoms with E-state index in [-0.39, 0.29) is 24.1 Å². The highest BCUT2D eigenvalue weighted by Gasteiger charge is 2.31. The molecule has 1 saturated carbocycles. The van der Waals surface area contributed by atoms with Gasteiger partial charge in [0, 0.05) is 12.8 Å². The SMILES string of the molecule is CCCCCC(=O)O[C@@H]1CCCC[C@H]1OC(=O)CCCCC. The predicted molar refractivity (Wildman–Crippen MR) is 86.5 cm³/mol. The summed E-state index contributed by atoms with van der Waals surface area (Å²) in [4.78, 5) is 23.7. The Hall–Kier alpha value is -1.06. The van der Waals surface area contributed by atoms with Gasteiger partial charge in [0.05, 0.1) is 0 Å². The molecular weight excluding hydrogens is 280 g/mol. The minimum absolute atomic E-state index is 0.146. The summed E-state index contributed by atoms with van der Waals surface area (Å²) >= 11 is 0. The number of ether oxygens (including phenoxy) is 2. The molecular formula is C18H32O4. The molecule has 0 radical (unpaired) electrons. The van der Waals surface area contributed by atoms with Crippen molar-refractivity contribution < 1.29 is 19.1 Å². The highest BCUT2D eigenvalue weighted by Crippen LogP contribution is 2.25. The van der Waals surface area contributed by atoms with E-state index >= 15 is 0 Å². The molecule has 1 aliphatic rings. The van der Waals surface area contributed by atoms with Gasteiger partial charge in [-0.3, -0.25) is 9.59 Å². The Kier molecular flexibility index (Phi) is 9.93. The summed E-state index contributed by atoms with van der Waals surface area (Å²) < 4.78 is 11.1. The maximum atomic E-state index is 11.9. The van der Waals surface area contributed by atoms with Crippen LogP contribution in [0.4, 0.5) is 0 Å². The maximum absolute atomic E-state index is 11.9. The molecule has 4 nitrogen and oxygen atoms in total. The third-order valence-corrected chi connectivity index (χ3v) is 4.18. The molecule has 0 heterocycles. The van der Waals surface area contributed by atoms with Gasteiger partial charge in [0.2, 0.25) is 0 Å². The van der Waals surface area contributed by atoms with Crippen LogP contribution in [0.25, 0.3) is 0 Å². The highest BCUT2D eigenvalue weighted by atomic mass is 16.6. The number of carbonyl (C=O) groups excluding carboxylic acids is 2. The van der Waals surface area contributed by atoms with Crippen molar-refractivity contribution in [1.29, 1.82) is 0 Å². The van der Waals surface area contributed by atoms with Crippen LogP contribution in [0.15, 0.2) is 0 Å². The summed E-state index contributed by atoms with van der Waals surface area (Å²) in [5.41, 5.74) is 0. The topological polar surface area (TPSA) is 52.6 Å². The van der Waals surface area contributed by atoms with Crippen molar-refractivity contribution in [2.75, 3.05) is 0 Å². The van der Waals surface area contributed by atoms with E-state index in [1.807, 2.05) is 0 Å². The minimum atomic E-state index is -0.238. The van der Waals surface area contributed by atoms with E-state index in [1.165, 1.54) is 0 Å². The zero-order valence-electron chi connectivity index (χ0n) is 14.3. The summed E-state index contributed by atoms with van der Waals surface area (Å²) in [6.45, 7) is 4.22. The molecule has 0 aromatic carbocycles. The molecule has 0 saturated heterocycles. The van der Waals surface area contributed by atoms with Crippen molar-refractivity contribution in [3.05, 3.63) is 0 Å². The lowest BCUT2D eigenvalue weighted by atomic mass is 9.94. The molecule has 1 fully saturated rings. The summed E-state index contributed by atoms with van der Waals surface area (Å²) in [5.74, 6) is -0.292. The van der Waals surface area contributed by atoms with Crippen LogP contribution in [0, 0.1) is 0 Å². The molecule has 0 N–H and O–H groups in total. The molecule has 2 atom stereocenters. The number of rotatable bonds is 10. The van der Waals surface area contributed by atoms with Crippen LogP contribution in [-0.2, 0) is 19.1 Å². The Labute approximate surface area is 134 Å². The minimum Gasteiger partial charge on any atom is -0.458 e. The number of esters is 2. The van der Waals surface area contributed by atoms with Crippen molar-refractivity contribution in [2.24, 2.45) is 0 Å². The van der Waals surface area contributed by atoms with Crippen LogP contribution in [0.3, 0.4) is 0 Å². The molecule has 0 aromatic rings. The lowest BCUT2D eigenvalue weighted by Gasteiger charge is -2.30. The Morgan fingerprint density at radius 1 is 0.773 bits per heavy atom. The monoisotopic (exact) mass is 312 g/mol. The smallest absolute Gasteiger partial charge is 0.306 e. The summed E-state index contributed by atoms with van der Waals surface area (Å²) in [6, 6.07) is 0. The van der Waals surface area contributed by atoms with Gasteiger partial charge in [0.1, 0.15) is 12.2 Å². The summed E-state index contributed by atoms with van der Waals surface area (Å²) in [6.07, 6.45) is 10.2. The first-order chi connectivity index (χ1) is 10.7. The fourth-order valence-electron chi connectivity index (χ4n) is 2.83. The van der Waals surface area contributed by atoms with Crippen molar-refractivity contribution in [3.8, 4) is 0 Å². The number of unbranched alkanes of at least 4 members (excludes halogenated alkanes) is 4. The summed E-state index contributed by atoms with van der Waals surface area (Å²) in [7, 11) is 0. The van der Waals surface area contributed by atoms with Crippen LogP contribution in [0.5, 0.6) is 0 Å². The van der Waals surface area contributed by atoms with Crippen LogP contribution >= 0.6 is 0 Å². The quantitative estimate of drug-likeness (QED) is 0.439. The van der Waals surface area contributed by atoms with Crippen LogP contribution in [0.1, 0.15) is 90.9 Å². The van der Waals surface area contributed by atoms with Gasteiger partial charge in [0.15, 0.2) is 0 Å². The second-order valence-corrected chi connectivity index (χ2v) is 6.26. The molecule has 0 amide bonds. The second kappa shape index (κ2) is 11.5. The molecule has 0 unspecified atom stereocenters. The van der Waals surface area contributed by atoms with Crippen LogP contribution in [-0.4, -0.2) is 24.1 Å². The fraction of sp³-hybridized carbons (Fsp3) is 0.889. The van der Waals surface area contributed by atoms with E-state index in [9.17, 15) is 9.59 Å². The number of carbonyl (C=O) groups is 2. The van der Waals surface area contributed by atoms with Gasteiger partial charge < -0.3 is 9.47 Å². The molecule has 0 aliphatic heterocycles. The van der Waals surface area contributed by atoms with E-state index in [0.717, 1.165) is 64.2 Å². The van der Waals surface area contributed by atoms with Gasteiger partial charge in [-0.05, 0) is 38.5 Å². The third kappa shape index (κ3) is 7.81. The molecule has 1 rings (SSSR count). The van der Waals surface area contributed by atoms with E-state index in [2.05, 4.69) is 13.8 Å². The van der Waals surface area contributed by atoms with Gasteiger partial charge in [-0.2, -0.15) is 0 Å². The van der Waals surface area contributed by atoms with E-state index in [4.69, 9.17) is 9.47 Å². The Bertz CT molecular complexity index is 295. The standard InChI is InChI=1S/C18H32O4/c1-3-5-7-13-17(19)21-15-11-9-10-12-16(15)22-18(20)14-8-6-4-2/h15-16H,3-14H2,1-2H3/t15-,16-/m1/s1. The van der Waals surface area contributed by atoms with E-state index in [1.54, 1.807) is 0 Å². The lowest BCUT2D eigenvalue weighted by Crippen LogP contribution is -2.37. The predicted octanol–water partition coefficient (Wildman–Crippen LogP) is 4.54. The van der Waals surface area contributed by atoms with Crippen molar-refractivity contribution >= 4 is 11.9 Å². The molecule has 4 heteroatoms. The van der Waals surface area contributed by atoms with E-state index < -0.39 is 0 Å². The Balaban J connectivity index is 2.35. The first-order valence-corrected chi connectivity index (χ1v) is 9.06. The normalized spacial score (nSPS) is 21.4. The number of hydrogen-bond donors (Lipinski definition) is 0. The molecule has 0 aromatic heterocycles. The average Bonchev–Trinajstić information content (AvgIpc) is 2.50. The van der Waals surface area contributed by atoms with E-state index in [0.29, 0.717) is 12.8 Å². The fourth-order valence-corrected chi connectivity index (χ4v) is 2.83. The van der Waals surface area contributed by atoms with Gasteiger partial charge >= 0.3 is 11.9 Å². The first kappa shape index (κ1) is 19.0. The van der Waals surface area contributed by atoms with Crippen LogP contribution < -0.4 is 0 Å². The summed E-state index contributed by atoms with van der Waals surface area (Å²) in [5, 5.41) is 0.